The van der Waals surface area contributed by atoms with Crippen molar-refractivity contribution in [1.82, 2.24) is 19.7 Å². The highest BCUT2D eigenvalue weighted by molar-refractivity contribution is 6.04. The number of fused-ring (bicyclic) bond motifs is 2. The van der Waals surface area contributed by atoms with Gasteiger partial charge in [-0.3, -0.25) is 4.79 Å². The molecular formula is C18H14N4O3. The van der Waals surface area contributed by atoms with Crippen molar-refractivity contribution < 1.29 is 9.53 Å². The third kappa shape index (κ3) is 2.37. The Bertz CT molecular complexity index is 1150. The molecule has 3 heterocycles. The monoisotopic (exact) mass is 334 g/mol. The molecule has 0 atom stereocenters. The van der Waals surface area contributed by atoms with Gasteiger partial charge in [-0.2, -0.15) is 9.78 Å². The minimum atomic E-state index is -0.636. The summed E-state index contributed by atoms with van der Waals surface area (Å²) >= 11 is 0. The standard InChI is InChI=1S/C18H14N4O3/c1-2-25-18(24)15-14-16(23)11-7-3-4-8-12(11)20-17(14)22(21-15)13-9-5-6-10-19-13/h3-10H,2H2,1H3,(H,20,23). The number of aromatic amines is 1. The number of carbonyl (C=O) groups excluding carboxylic acids is 1. The van der Waals surface area contributed by atoms with Gasteiger partial charge in [0.25, 0.3) is 0 Å². The van der Waals surface area contributed by atoms with E-state index in [9.17, 15) is 9.59 Å². The Labute approximate surface area is 141 Å². The number of esters is 1. The molecule has 0 spiro atoms. The van der Waals surface area contributed by atoms with Crippen LogP contribution in [0, 0.1) is 0 Å². The quantitative estimate of drug-likeness (QED) is 0.581. The summed E-state index contributed by atoms with van der Waals surface area (Å²) in [4.78, 5) is 32.7. The lowest BCUT2D eigenvalue weighted by Crippen LogP contribution is -2.11. The summed E-state index contributed by atoms with van der Waals surface area (Å²) in [5, 5.41) is 4.99. The minimum Gasteiger partial charge on any atom is -0.461 e. The fraction of sp³-hybridized carbons (Fsp3) is 0.111. The first-order valence-electron chi connectivity index (χ1n) is 7.83. The van der Waals surface area contributed by atoms with Gasteiger partial charge in [0.15, 0.2) is 11.5 Å². The minimum absolute atomic E-state index is 0.0190. The number of nitrogens with one attached hydrogen (secondary N) is 1. The Hall–Kier alpha value is -3.48. The maximum Gasteiger partial charge on any atom is 0.359 e. The summed E-state index contributed by atoms with van der Waals surface area (Å²) in [5.74, 6) is -0.142. The van der Waals surface area contributed by atoms with Crippen LogP contribution >= 0.6 is 0 Å². The van der Waals surface area contributed by atoms with Crippen LogP contribution in [0.2, 0.25) is 0 Å². The SMILES string of the molecule is CCOC(=O)c1nn(-c2ccccn2)c2[nH]c3ccccc3c(=O)c12. The lowest BCUT2D eigenvalue weighted by Gasteiger charge is -2.03. The molecule has 4 aromatic rings. The van der Waals surface area contributed by atoms with E-state index in [0.29, 0.717) is 22.4 Å². The second-order valence-electron chi connectivity index (χ2n) is 5.39. The molecule has 0 aliphatic carbocycles. The number of nitrogens with zero attached hydrogens (tertiary/aromatic N) is 3. The molecule has 4 rings (SSSR count). The van der Waals surface area contributed by atoms with Crippen molar-refractivity contribution in [3.05, 3.63) is 64.6 Å². The third-order valence-corrected chi connectivity index (χ3v) is 3.87. The number of pyridine rings is 2. The van der Waals surface area contributed by atoms with Crippen LogP contribution < -0.4 is 5.43 Å². The molecule has 0 bridgehead atoms. The number of hydrogen-bond acceptors (Lipinski definition) is 5. The van der Waals surface area contributed by atoms with E-state index in [0.717, 1.165) is 0 Å². The molecule has 1 aromatic carbocycles. The highest BCUT2D eigenvalue weighted by Gasteiger charge is 2.23. The summed E-state index contributed by atoms with van der Waals surface area (Å²) in [7, 11) is 0. The van der Waals surface area contributed by atoms with Crippen LogP contribution in [0.15, 0.2) is 53.5 Å². The maximum atomic E-state index is 13.0. The van der Waals surface area contributed by atoms with E-state index < -0.39 is 5.97 Å². The van der Waals surface area contributed by atoms with Crippen LogP contribution in [0.5, 0.6) is 0 Å². The van der Waals surface area contributed by atoms with E-state index >= 15 is 0 Å². The lowest BCUT2D eigenvalue weighted by atomic mass is 10.1. The second-order valence-corrected chi connectivity index (χ2v) is 5.39. The molecule has 7 nitrogen and oxygen atoms in total. The summed E-state index contributed by atoms with van der Waals surface area (Å²) < 4.78 is 6.52. The van der Waals surface area contributed by atoms with Gasteiger partial charge in [-0.15, -0.1) is 0 Å². The molecular weight excluding hydrogens is 320 g/mol. The fourth-order valence-electron chi connectivity index (χ4n) is 2.79. The molecule has 0 unspecified atom stereocenters. The molecule has 3 aromatic heterocycles. The first kappa shape index (κ1) is 15.1. The Balaban J connectivity index is 2.13. The number of rotatable bonds is 3. The molecule has 7 heteroatoms. The van der Waals surface area contributed by atoms with E-state index in [1.807, 2.05) is 6.07 Å². The van der Waals surface area contributed by atoms with Crippen LogP contribution in [0.3, 0.4) is 0 Å². The Morgan fingerprint density at radius 1 is 1.20 bits per heavy atom. The zero-order valence-electron chi connectivity index (χ0n) is 13.4. The van der Waals surface area contributed by atoms with Crippen molar-refractivity contribution in [2.24, 2.45) is 0 Å². The van der Waals surface area contributed by atoms with Crippen molar-refractivity contribution >= 4 is 27.9 Å². The summed E-state index contributed by atoms with van der Waals surface area (Å²) in [6.45, 7) is 1.90. The van der Waals surface area contributed by atoms with E-state index in [4.69, 9.17) is 4.74 Å². The van der Waals surface area contributed by atoms with E-state index in [1.165, 1.54) is 4.68 Å². The molecule has 0 fully saturated rings. The van der Waals surface area contributed by atoms with Gasteiger partial charge in [-0.1, -0.05) is 18.2 Å². The van der Waals surface area contributed by atoms with Crippen LogP contribution in [0.4, 0.5) is 0 Å². The molecule has 0 aliphatic rings. The van der Waals surface area contributed by atoms with Crippen LogP contribution in [0.25, 0.3) is 27.8 Å². The smallest absolute Gasteiger partial charge is 0.359 e. The van der Waals surface area contributed by atoms with Crippen LogP contribution in [0.1, 0.15) is 17.4 Å². The number of para-hydroxylation sites is 1. The summed E-state index contributed by atoms with van der Waals surface area (Å²) in [5.41, 5.74) is 0.780. The molecule has 124 valence electrons. The van der Waals surface area contributed by atoms with Gasteiger partial charge in [0.2, 0.25) is 5.43 Å². The fourth-order valence-corrected chi connectivity index (χ4v) is 2.79. The number of hydrogen-bond donors (Lipinski definition) is 1. The van der Waals surface area contributed by atoms with Crippen LogP contribution in [-0.2, 0) is 4.74 Å². The Morgan fingerprint density at radius 2 is 2.00 bits per heavy atom. The zero-order chi connectivity index (χ0) is 17.4. The first-order chi connectivity index (χ1) is 12.2. The predicted octanol–water partition coefficient (Wildman–Crippen LogP) is 2.44. The van der Waals surface area contributed by atoms with Crippen molar-refractivity contribution in [2.75, 3.05) is 6.61 Å². The summed E-state index contributed by atoms with van der Waals surface area (Å²) in [6.07, 6.45) is 1.62. The van der Waals surface area contributed by atoms with Gasteiger partial charge in [0, 0.05) is 11.6 Å². The van der Waals surface area contributed by atoms with Crippen LogP contribution in [-0.4, -0.2) is 32.3 Å². The van der Waals surface area contributed by atoms with E-state index in [2.05, 4.69) is 15.1 Å². The average molecular weight is 334 g/mol. The van der Waals surface area contributed by atoms with E-state index in [-0.39, 0.29) is 23.1 Å². The molecule has 1 N–H and O–H groups in total. The first-order valence-corrected chi connectivity index (χ1v) is 7.83. The van der Waals surface area contributed by atoms with Crippen molar-refractivity contribution in [2.45, 2.75) is 6.92 Å². The molecule has 0 aliphatic heterocycles. The number of aromatic nitrogens is 4. The lowest BCUT2D eigenvalue weighted by molar-refractivity contribution is 0.0521. The maximum absolute atomic E-state index is 13.0. The summed E-state index contributed by atoms with van der Waals surface area (Å²) in [6, 6.07) is 12.4. The van der Waals surface area contributed by atoms with Crippen molar-refractivity contribution in [3.63, 3.8) is 0 Å². The van der Waals surface area contributed by atoms with Gasteiger partial charge in [-0.05, 0) is 31.2 Å². The van der Waals surface area contributed by atoms with Gasteiger partial charge >= 0.3 is 5.97 Å². The Morgan fingerprint density at radius 3 is 2.76 bits per heavy atom. The number of ether oxygens (including phenoxy) is 1. The second kappa shape index (κ2) is 5.86. The highest BCUT2D eigenvalue weighted by atomic mass is 16.5. The molecule has 0 saturated heterocycles. The molecule has 0 amide bonds. The third-order valence-electron chi connectivity index (χ3n) is 3.87. The Kier molecular flexibility index (Phi) is 3.53. The topological polar surface area (TPSA) is 89.9 Å². The molecule has 0 saturated carbocycles. The van der Waals surface area contributed by atoms with Crippen molar-refractivity contribution in [3.8, 4) is 5.82 Å². The van der Waals surface area contributed by atoms with Gasteiger partial charge in [0.05, 0.1) is 12.1 Å². The van der Waals surface area contributed by atoms with Gasteiger partial charge in [0.1, 0.15) is 11.0 Å². The number of carbonyl (C=O) groups is 1. The highest BCUT2D eigenvalue weighted by Crippen LogP contribution is 2.21. The largest absolute Gasteiger partial charge is 0.461 e. The molecule has 25 heavy (non-hydrogen) atoms. The zero-order valence-corrected chi connectivity index (χ0v) is 13.4. The molecule has 0 radical (unpaired) electrons. The normalized spacial score (nSPS) is 11.1. The van der Waals surface area contributed by atoms with Gasteiger partial charge in [-0.25, -0.2) is 9.78 Å². The predicted molar refractivity (Wildman–Crippen MR) is 92.9 cm³/mol. The number of H-pyrrole nitrogens is 1. The van der Waals surface area contributed by atoms with Crippen molar-refractivity contribution in [1.29, 1.82) is 0 Å². The average Bonchev–Trinajstić information content (AvgIpc) is 3.03. The van der Waals surface area contributed by atoms with Gasteiger partial charge < -0.3 is 9.72 Å². The van der Waals surface area contributed by atoms with E-state index in [1.54, 1.807) is 49.5 Å². The number of benzene rings is 1.